The number of nitrogens with one attached hydrogen (secondary N) is 1. The Morgan fingerprint density at radius 3 is 2.48 bits per heavy atom. The quantitative estimate of drug-likeness (QED) is 0.667. The number of hydrogen-bond donors (Lipinski definition) is 1. The average Bonchev–Trinajstić information content (AvgIpc) is 3.19. The molecule has 0 aromatic heterocycles. The van der Waals surface area contributed by atoms with Crippen molar-refractivity contribution in [1.82, 2.24) is 15.1 Å². The summed E-state index contributed by atoms with van der Waals surface area (Å²) in [6.07, 6.45) is 0.667. The number of carbonyl (C=O) groups is 3. The van der Waals surface area contributed by atoms with Crippen LogP contribution in [0.1, 0.15) is 25.3 Å². The van der Waals surface area contributed by atoms with E-state index in [4.69, 9.17) is 4.74 Å². The van der Waals surface area contributed by atoms with Crippen LogP contribution in [0.3, 0.4) is 0 Å². The normalized spacial score (nSPS) is 25.8. The van der Waals surface area contributed by atoms with Gasteiger partial charge in [0, 0.05) is 13.1 Å². The average molecular weight is 423 g/mol. The maximum absolute atomic E-state index is 13.2. The minimum atomic E-state index is -3.15. The Kier molecular flexibility index (Phi) is 5.57. The molecule has 10 heteroatoms. The lowest BCUT2D eigenvalue weighted by Crippen LogP contribution is -2.47. The lowest BCUT2D eigenvalue weighted by atomic mass is 9.87. The second kappa shape index (κ2) is 7.66. The molecule has 0 aliphatic carbocycles. The molecule has 4 amide bonds. The monoisotopic (exact) mass is 423 g/mol. The smallest absolute Gasteiger partial charge is 0.325 e. The molecule has 2 fully saturated rings. The summed E-state index contributed by atoms with van der Waals surface area (Å²) in [6, 6.07) is 5.74. The van der Waals surface area contributed by atoms with Crippen molar-refractivity contribution in [1.29, 1.82) is 0 Å². The SMILES string of the molecule is CC[C@]1(c2ccc(OC)cc2)NC(=O)N(CC(=O)N(C)[C@@H]2CCS(=O)(=O)C2)C1=O. The van der Waals surface area contributed by atoms with Crippen molar-refractivity contribution in [2.45, 2.75) is 31.3 Å². The van der Waals surface area contributed by atoms with Gasteiger partial charge in [0.25, 0.3) is 5.91 Å². The van der Waals surface area contributed by atoms with E-state index in [1.165, 1.54) is 19.1 Å². The topological polar surface area (TPSA) is 113 Å². The Morgan fingerprint density at radius 1 is 1.31 bits per heavy atom. The van der Waals surface area contributed by atoms with Crippen LogP contribution in [0.4, 0.5) is 4.79 Å². The molecule has 0 unspecified atom stereocenters. The first-order chi connectivity index (χ1) is 13.6. The number of imide groups is 1. The molecule has 0 spiro atoms. The van der Waals surface area contributed by atoms with E-state index < -0.39 is 45.8 Å². The summed E-state index contributed by atoms with van der Waals surface area (Å²) in [4.78, 5) is 40.6. The van der Waals surface area contributed by atoms with Crippen molar-refractivity contribution in [2.75, 3.05) is 32.2 Å². The van der Waals surface area contributed by atoms with Gasteiger partial charge in [0.2, 0.25) is 5.91 Å². The summed E-state index contributed by atoms with van der Waals surface area (Å²) in [5, 5.41) is 2.73. The molecule has 158 valence electrons. The van der Waals surface area contributed by atoms with Crippen LogP contribution in [-0.2, 0) is 25.0 Å². The van der Waals surface area contributed by atoms with Crippen molar-refractivity contribution in [3.05, 3.63) is 29.8 Å². The molecule has 0 bridgehead atoms. The van der Waals surface area contributed by atoms with Crippen LogP contribution in [0.5, 0.6) is 5.75 Å². The lowest BCUT2D eigenvalue weighted by Gasteiger charge is -2.27. The molecule has 29 heavy (non-hydrogen) atoms. The lowest BCUT2D eigenvalue weighted by molar-refractivity contribution is -0.139. The van der Waals surface area contributed by atoms with Crippen molar-refractivity contribution in [3.63, 3.8) is 0 Å². The van der Waals surface area contributed by atoms with E-state index in [2.05, 4.69) is 5.32 Å². The highest BCUT2D eigenvalue weighted by Crippen LogP contribution is 2.33. The third-order valence-corrected chi connectivity index (χ3v) is 7.48. The summed E-state index contributed by atoms with van der Waals surface area (Å²) in [7, 11) is -0.114. The van der Waals surface area contributed by atoms with Crippen LogP contribution < -0.4 is 10.1 Å². The minimum absolute atomic E-state index is 0.0365. The van der Waals surface area contributed by atoms with Crippen LogP contribution in [0.15, 0.2) is 24.3 Å². The van der Waals surface area contributed by atoms with Gasteiger partial charge in [-0.2, -0.15) is 0 Å². The van der Waals surface area contributed by atoms with Crippen molar-refractivity contribution in [3.8, 4) is 5.75 Å². The zero-order valence-corrected chi connectivity index (χ0v) is 17.5. The third-order valence-electron chi connectivity index (χ3n) is 5.73. The van der Waals surface area contributed by atoms with Crippen molar-refractivity contribution in [2.24, 2.45) is 0 Å². The van der Waals surface area contributed by atoms with Gasteiger partial charge in [0.15, 0.2) is 9.84 Å². The molecule has 2 saturated heterocycles. The number of carbonyl (C=O) groups excluding carboxylic acids is 3. The number of nitrogens with zero attached hydrogens (tertiary/aromatic N) is 2. The Labute approximate surface area is 169 Å². The summed E-state index contributed by atoms with van der Waals surface area (Å²) >= 11 is 0. The molecule has 1 aromatic rings. The first-order valence-electron chi connectivity index (χ1n) is 9.38. The number of methoxy groups -OCH3 is 1. The highest BCUT2D eigenvalue weighted by Gasteiger charge is 2.52. The number of amides is 4. The van der Waals surface area contributed by atoms with Gasteiger partial charge < -0.3 is 15.0 Å². The third kappa shape index (κ3) is 3.81. The molecule has 3 rings (SSSR count). The number of likely N-dealkylation sites (N-methyl/N-ethyl adjacent to an activating group) is 1. The first-order valence-corrected chi connectivity index (χ1v) is 11.2. The predicted molar refractivity (Wildman–Crippen MR) is 105 cm³/mol. The molecule has 1 N–H and O–H groups in total. The molecule has 9 nitrogen and oxygen atoms in total. The fourth-order valence-electron chi connectivity index (χ4n) is 3.82. The Balaban J connectivity index is 1.77. The summed E-state index contributed by atoms with van der Waals surface area (Å²) in [5.41, 5.74) is -0.650. The number of benzene rings is 1. The summed E-state index contributed by atoms with van der Waals surface area (Å²) < 4.78 is 28.5. The molecule has 1 aromatic carbocycles. The van der Waals surface area contributed by atoms with Gasteiger partial charge in [0.1, 0.15) is 17.8 Å². The zero-order chi connectivity index (χ0) is 21.4. The number of sulfone groups is 1. The molecule has 2 atom stereocenters. The molecule has 2 aliphatic rings. The molecule has 2 heterocycles. The van der Waals surface area contributed by atoms with E-state index in [-0.39, 0.29) is 11.5 Å². The molecular weight excluding hydrogens is 398 g/mol. The van der Waals surface area contributed by atoms with E-state index in [0.29, 0.717) is 24.2 Å². The number of ether oxygens (including phenoxy) is 1. The van der Waals surface area contributed by atoms with Crippen molar-refractivity contribution < 1.29 is 27.5 Å². The zero-order valence-electron chi connectivity index (χ0n) is 16.7. The van der Waals surface area contributed by atoms with Crippen LogP contribution in [-0.4, -0.2) is 74.3 Å². The van der Waals surface area contributed by atoms with Gasteiger partial charge in [-0.3, -0.25) is 14.5 Å². The molecular formula is C19H25N3O6S. The standard InChI is InChI=1S/C19H25N3O6S/c1-4-19(13-5-7-15(28-3)8-6-13)17(24)22(18(25)20-19)11-16(23)21(2)14-9-10-29(26,27)12-14/h5-8,14H,4,9-12H2,1-3H3,(H,20,25)/t14-,19-/m1/s1. The fourth-order valence-corrected chi connectivity index (χ4v) is 5.59. The van der Waals surface area contributed by atoms with E-state index >= 15 is 0 Å². The summed E-state index contributed by atoms with van der Waals surface area (Å²) in [5.74, 6) is -0.417. The van der Waals surface area contributed by atoms with E-state index in [9.17, 15) is 22.8 Å². The second-order valence-corrected chi connectivity index (χ2v) is 9.60. The maximum atomic E-state index is 13.2. The Bertz CT molecular complexity index is 930. The van der Waals surface area contributed by atoms with Crippen molar-refractivity contribution >= 4 is 27.7 Å². The largest absolute Gasteiger partial charge is 0.497 e. The number of rotatable bonds is 6. The van der Waals surface area contributed by atoms with E-state index in [1.807, 2.05) is 0 Å². The highest BCUT2D eigenvalue weighted by atomic mass is 32.2. The number of hydrogen-bond acceptors (Lipinski definition) is 6. The second-order valence-electron chi connectivity index (χ2n) is 7.37. The fraction of sp³-hybridized carbons (Fsp3) is 0.526. The molecule has 0 radical (unpaired) electrons. The van der Waals surface area contributed by atoms with Gasteiger partial charge >= 0.3 is 6.03 Å². The predicted octanol–water partition coefficient (Wildman–Crippen LogP) is 0.498. The number of urea groups is 1. The van der Waals surface area contributed by atoms with Gasteiger partial charge in [-0.05, 0) is 30.5 Å². The van der Waals surface area contributed by atoms with Crippen LogP contribution >= 0.6 is 0 Å². The molecule has 2 aliphatic heterocycles. The van der Waals surface area contributed by atoms with Gasteiger partial charge in [-0.1, -0.05) is 19.1 Å². The van der Waals surface area contributed by atoms with Gasteiger partial charge in [-0.15, -0.1) is 0 Å². The Hall–Kier alpha value is -2.62. The molecule has 0 saturated carbocycles. The Morgan fingerprint density at radius 2 is 1.97 bits per heavy atom. The van der Waals surface area contributed by atoms with E-state index in [1.54, 1.807) is 31.2 Å². The first kappa shape index (κ1) is 21.1. The van der Waals surface area contributed by atoms with Crippen LogP contribution in [0, 0.1) is 0 Å². The van der Waals surface area contributed by atoms with Gasteiger partial charge in [0.05, 0.1) is 18.6 Å². The van der Waals surface area contributed by atoms with E-state index in [0.717, 1.165) is 4.90 Å². The van der Waals surface area contributed by atoms with Gasteiger partial charge in [-0.25, -0.2) is 13.2 Å². The minimum Gasteiger partial charge on any atom is -0.497 e. The van der Waals surface area contributed by atoms with Crippen LogP contribution in [0.25, 0.3) is 0 Å². The van der Waals surface area contributed by atoms with Crippen LogP contribution in [0.2, 0.25) is 0 Å². The highest BCUT2D eigenvalue weighted by molar-refractivity contribution is 7.91. The summed E-state index contributed by atoms with van der Waals surface area (Å²) in [6.45, 7) is 1.35. The maximum Gasteiger partial charge on any atom is 0.325 e.